The van der Waals surface area contributed by atoms with Crippen LogP contribution in [0, 0.1) is 0 Å². The molecule has 7 heteroatoms. The second-order valence-corrected chi connectivity index (χ2v) is 9.43. The first kappa shape index (κ1) is 19.4. The highest BCUT2D eigenvalue weighted by Crippen LogP contribution is 2.30. The molecular formula is C24H17N3O2S2. The summed E-state index contributed by atoms with van der Waals surface area (Å²) in [5.74, 6) is 0. The van der Waals surface area contributed by atoms with Crippen molar-refractivity contribution in [3.8, 4) is 21.8 Å². The van der Waals surface area contributed by atoms with Crippen molar-refractivity contribution in [2.75, 3.05) is 4.72 Å². The van der Waals surface area contributed by atoms with Crippen LogP contribution >= 0.6 is 11.3 Å². The van der Waals surface area contributed by atoms with Crippen LogP contribution < -0.4 is 4.72 Å². The Balaban J connectivity index is 1.40. The van der Waals surface area contributed by atoms with E-state index in [2.05, 4.69) is 9.71 Å². The Morgan fingerprint density at radius 3 is 2.35 bits per heavy atom. The first-order valence-electron chi connectivity index (χ1n) is 9.58. The fraction of sp³-hybridized carbons (Fsp3) is 0. The Hall–Kier alpha value is -3.55. The number of fused-ring (bicyclic) bond motifs is 1. The van der Waals surface area contributed by atoms with E-state index in [0.29, 0.717) is 11.2 Å². The summed E-state index contributed by atoms with van der Waals surface area (Å²) in [6.45, 7) is 0. The average molecular weight is 444 g/mol. The number of hydrogen-bond acceptors (Lipinski definition) is 5. The topological polar surface area (TPSA) is 72.0 Å². The normalized spacial score (nSPS) is 11.5. The average Bonchev–Trinajstić information content (AvgIpc) is 3.30. The largest absolute Gasteiger partial charge is 0.280 e. The molecule has 0 spiro atoms. The van der Waals surface area contributed by atoms with Crippen LogP contribution in [0.3, 0.4) is 0 Å². The van der Waals surface area contributed by atoms with Gasteiger partial charge in [-0.25, -0.2) is 13.4 Å². The van der Waals surface area contributed by atoms with Crippen LogP contribution in [0.2, 0.25) is 0 Å². The van der Waals surface area contributed by atoms with Gasteiger partial charge in [0.25, 0.3) is 10.0 Å². The van der Waals surface area contributed by atoms with Crippen molar-refractivity contribution in [2.24, 2.45) is 0 Å². The van der Waals surface area contributed by atoms with E-state index in [9.17, 15) is 8.42 Å². The number of nitrogens with one attached hydrogen (secondary N) is 1. The summed E-state index contributed by atoms with van der Waals surface area (Å²) in [7, 11) is -3.78. The number of sulfonamides is 1. The van der Waals surface area contributed by atoms with Gasteiger partial charge in [-0.3, -0.25) is 9.71 Å². The molecule has 5 rings (SSSR count). The van der Waals surface area contributed by atoms with Crippen LogP contribution in [0.1, 0.15) is 0 Å². The number of benzene rings is 3. The van der Waals surface area contributed by atoms with Crippen LogP contribution in [-0.4, -0.2) is 18.4 Å². The Morgan fingerprint density at radius 1 is 0.774 bits per heavy atom. The monoisotopic (exact) mass is 443 g/mol. The SMILES string of the molecule is O=S(=O)(Nc1ccc(-c2csc(-c3ccccc3)n2)cc1)c1cccc2cccnc12. The van der Waals surface area contributed by atoms with E-state index in [-0.39, 0.29) is 4.90 Å². The van der Waals surface area contributed by atoms with Gasteiger partial charge in [-0.15, -0.1) is 11.3 Å². The van der Waals surface area contributed by atoms with Crippen molar-refractivity contribution in [3.63, 3.8) is 0 Å². The van der Waals surface area contributed by atoms with Crippen molar-refractivity contribution >= 4 is 38.0 Å². The molecule has 0 saturated heterocycles. The predicted molar refractivity (Wildman–Crippen MR) is 126 cm³/mol. The highest BCUT2D eigenvalue weighted by Gasteiger charge is 2.18. The summed E-state index contributed by atoms with van der Waals surface area (Å²) in [6, 6.07) is 26.0. The summed E-state index contributed by atoms with van der Waals surface area (Å²) < 4.78 is 28.6. The van der Waals surface area contributed by atoms with Crippen molar-refractivity contribution < 1.29 is 8.42 Å². The molecule has 5 aromatic rings. The summed E-state index contributed by atoms with van der Waals surface area (Å²) in [6.07, 6.45) is 1.59. The number of aromatic nitrogens is 2. The van der Waals surface area contributed by atoms with Crippen LogP contribution in [0.5, 0.6) is 0 Å². The Morgan fingerprint density at radius 2 is 1.55 bits per heavy atom. The molecule has 0 unspecified atom stereocenters. The minimum Gasteiger partial charge on any atom is -0.280 e. The molecule has 0 aliphatic rings. The zero-order chi connectivity index (χ0) is 21.3. The van der Waals surface area contributed by atoms with Gasteiger partial charge in [0.2, 0.25) is 0 Å². The van der Waals surface area contributed by atoms with Crippen LogP contribution in [0.25, 0.3) is 32.7 Å². The number of para-hydroxylation sites is 1. The van der Waals surface area contributed by atoms with E-state index >= 15 is 0 Å². The van der Waals surface area contributed by atoms with Gasteiger partial charge in [-0.1, -0.05) is 60.7 Å². The van der Waals surface area contributed by atoms with E-state index in [1.165, 1.54) is 0 Å². The van der Waals surface area contributed by atoms with Crippen molar-refractivity contribution in [1.82, 2.24) is 9.97 Å². The first-order valence-corrected chi connectivity index (χ1v) is 11.9. The molecule has 0 radical (unpaired) electrons. The molecule has 31 heavy (non-hydrogen) atoms. The van der Waals surface area contributed by atoms with E-state index in [1.54, 1.807) is 47.9 Å². The first-order chi connectivity index (χ1) is 15.1. The van der Waals surface area contributed by atoms with Crippen LogP contribution in [0.4, 0.5) is 5.69 Å². The Bertz CT molecular complexity index is 1460. The van der Waals surface area contributed by atoms with Crippen LogP contribution in [0.15, 0.2) is 101 Å². The predicted octanol–water partition coefficient (Wildman–Crippen LogP) is 5.83. The fourth-order valence-corrected chi connectivity index (χ4v) is 5.41. The zero-order valence-corrected chi connectivity index (χ0v) is 17.9. The summed E-state index contributed by atoms with van der Waals surface area (Å²) >= 11 is 1.58. The molecule has 3 aromatic carbocycles. The van der Waals surface area contributed by atoms with Gasteiger partial charge in [-0.2, -0.15) is 0 Å². The van der Waals surface area contributed by atoms with Gasteiger partial charge in [-0.05, 0) is 24.3 Å². The molecule has 2 heterocycles. The molecule has 152 valence electrons. The Kier molecular flexibility index (Phi) is 4.97. The van der Waals surface area contributed by atoms with Gasteiger partial charge in [0, 0.05) is 33.8 Å². The second-order valence-electron chi connectivity index (χ2n) is 6.92. The summed E-state index contributed by atoms with van der Waals surface area (Å²) in [5, 5.41) is 3.73. The van der Waals surface area contributed by atoms with Gasteiger partial charge >= 0.3 is 0 Å². The lowest BCUT2D eigenvalue weighted by molar-refractivity contribution is 0.602. The van der Waals surface area contributed by atoms with Crippen molar-refractivity contribution in [1.29, 1.82) is 0 Å². The number of anilines is 1. The maximum absolute atomic E-state index is 13.0. The molecule has 0 atom stereocenters. The molecule has 0 amide bonds. The third kappa shape index (κ3) is 3.93. The van der Waals surface area contributed by atoms with E-state index in [1.807, 2.05) is 60.0 Å². The molecule has 5 nitrogen and oxygen atoms in total. The minimum absolute atomic E-state index is 0.154. The smallest absolute Gasteiger partial charge is 0.264 e. The lowest BCUT2D eigenvalue weighted by Crippen LogP contribution is -2.13. The summed E-state index contributed by atoms with van der Waals surface area (Å²) in [4.78, 5) is 9.11. The highest BCUT2D eigenvalue weighted by atomic mass is 32.2. The van der Waals surface area contributed by atoms with Crippen LogP contribution in [-0.2, 0) is 10.0 Å². The van der Waals surface area contributed by atoms with Crippen molar-refractivity contribution in [2.45, 2.75) is 4.90 Å². The second kappa shape index (κ2) is 7.94. The summed E-state index contributed by atoms with van der Waals surface area (Å²) in [5.41, 5.74) is 3.79. The number of thiazole rings is 1. The van der Waals surface area contributed by atoms with Gasteiger partial charge < -0.3 is 0 Å². The maximum atomic E-state index is 13.0. The standard InChI is InChI=1S/C24H17N3O2S2/c28-31(29,22-10-4-8-18-9-5-15-25-23(18)22)27-20-13-11-17(12-14-20)21-16-30-24(26-21)19-6-2-1-3-7-19/h1-16,27H. The molecule has 0 bridgehead atoms. The lowest BCUT2D eigenvalue weighted by atomic mass is 10.1. The number of rotatable bonds is 5. The molecule has 0 aliphatic heterocycles. The molecule has 0 saturated carbocycles. The number of nitrogens with zero attached hydrogens (tertiary/aromatic N) is 2. The van der Waals surface area contributed by atoms with Gasteiger partial charge in [0.15, 0.2) is 0 Å². The lowest BCUT2D eigenvalue weighted by Gasteiger charge is -2.10. The molecular weight excluding hydrogens is 426 g/mol. The molecule has 0 aliphatic carbocycles. The highest BCUT2D eigenvalue weighted by molar-refractivity contribution is 7.93. The molecule has 2 aromatic heterocycles. The third-order valence-electron chi connectivity index (χ3n) is 4.84. The van der Waals surface area contributed by atoms with Gasteiger partial charge in [0.05, 0.1) is 11.2 Å². The molecule has 0 fully saturated rings. The number of pyridine rings is 1. The zero-order valence-electron chi connectivity index (χ0n) is 16.3. The fourth-order valence-electron chi connectivity index (χ4n) is 3.33. The minimum atomic E-state index is -3.78. The molecule has 1 N–H and O–H groups in total. The Labute approximate surface area is 184 Å². The van der Waals surface area contributed by atoms with E-state index < -0.39 is 10.0 Å². The third-order valence-corrected chi connectivity index (χ3v) is 7.15. The quantitative estimate of drug-likeness (QED) is 0.371. The van der Waals surface area contributed by atoms with E-state index in [0.717, 1.165) is 27.2 Å². The van der Waals surface area contributed by atoms with E-state index in [4.69, 9.17) is 4.98 Å². The maximum Gasteiger partial charge on any atom is 0.264 e. The number of hydrogen-bond donors (Lipinski definition) is 1. The van der Waals surface area contributed by atoms with Gasteiger partial charge in [0.1, 0.15) is 9.90 Å². The van der Waals surface area contributed by atoms with Crippen molar-refractivity contribution in [3.05, 3.63) is 96.5 Å².